The molecule has 3 aromatic rings. The van der Waals surface area contributed by atoms with E-state index >= 15 is 0 Å². The number of hydrogen-bond donors (Lipinski definition) is 1. The molecule has 20 heavy (non-hydrogen) atoms. The summed E-state index contributed by atoms with van der Waals surface area (Å²) < 4.78 is 18.0. The molecule has 6 nitrogen and oxygen atoms in total. The third kappa shape index (κ3) is 2.30. The van der Waals surface area contributed by atoms with Crippen molar-refractivity contribution in [1.82, 2.24) is 20.1 Å². The largest absolute Gasteiger partial charge is 0.333 e. The van der Waals surface area contributed by atoms with Crippen LogP contribution < -0.4 is 5.73 Å². The molecule has 0 aliphatic heterocycles. The second kappa shape index (κ2) is 5.06. The fourth-order valence-electron chi connectivity index (χ4n) is 1.67. The summed E-state index contributed by atoms with van der Waals surface area (Å²) in [5, 5.41) is 4.65. The van der Waals surface area contributed by atoms with Crippen molar-refractivity contribution in [2.24, 2.45) is 5.73 Å². The molecule has 0 radical (unpaired) electrons. The number of nitrogens with two attached hydrogens (primary N) is 1. The zero-order chi connectivity index (χ0) is 14.1. The Kier molecular flexibility index (Phi) is 3.25. The Labute approximate surface area is 117 Å². The van der Waals surface area contributed by atoms with E-state index in [-0.39, 0.29) is 0 Å². The number of halogens is 1. The Hall–Kier alpha value is -2.19. The van der Waals surface area contributed by atoms with Crippen molar-refractivity contribution in [2.45, 2.75) is 13.5 Å². The van der Waals surface area contributed by atoms with Crippen LogP contribution >= 0.6 is 11.3 Å². The predicted octanol–water partition coefficient (Wildman–Crippen LogP) is 2.16. The molecule has 0 aliphatic rings. The van der Waals surface area contributed by atoms with Crippen LogP contribution in [0.4, 0.5) is 4.39 Å². The highest BCUT2D eigenvalue weighted by Gasteiger charge is 2.17. The standard InChI is InChI=1S/C12H10FN5OS/c1-6-10(20-9(4-14)16-6)12-17-11(18-19-12)8-3-2-7(13)5-15-8/h2-3,5H,4,14H2,1H3. The van der Waals surface area contributed by atoms with Gasteiger partial charge in [-0.05, 0) is 19.1 Å². The molecule has 0 amide bonds. The van der Waals surface area contributed by atoms with E-state index < -0.39 is 5.82 Å². The molecule has 0 aromatic carbocycles. The maximum atomic E-state index is 12.8. The number of rotatable bonds is 3. The summed E-state index contributed by atoms with van der Waals surface area (Å²) in [6, 6.07) is 2.79. The van der Waals surface area contributed by atoms with Crippen molar-refractivity contribution in [3.8, 4) is 22.3 Å². The lowest BCUT2D eigenvalue weighted by molar-refractivity contribution is 0.432. The molecule has 2 N–H and O–H groups in total. The second-order valence-electron chi connectivity index (χ2n) is 4.01. The second-order valence-corrected chi connectivity index (χ2v) is 5.09. The first kappa shape index (κ1) is 12.8. The summed E-state index contributed by atoms with van der Waals surface area (Å²) in [4.78, 5) is 13.2. The maximum Gasteiger partial charge on any atom is 0.270 e. The molecular weight excluding hydrogens is 281 g/mol. The fraction of sp³-hybridized carbons (Fsp3) is 0.167. The average molecular weight is 291 g/mol. The van der Waals surface area contributed by atoms with Crippen molar-refractivity contribution in [3.63, 3.8) is 0 Å². The third-order valence-electron chi connectivity index (χ3n) is 2.59. The van der Waals surface area contributed by atoms with Gasteiger partial charge >= 0.3 is 0 Å². The van der Waals surface area contributed by atoms with Crippen molar-refractivity contribution in [2.75, 3.05) is 0 Å². The van der Waals surface area contributed by atoms with Gasteiger partial charge in [-0.15, -0.1) is 11.3 Å². The van der Waals surface area contributed by atoms with E-state index in [1.165, 1.54) is 23.5 Å². The normalized spacial score (nSPS) is 10.9. The first-order chi connectivity index (χ1) is 9.67. The van der Waals surface area contributed by atoms with Crippen LogP contribution in [0.3, 0.4) is 0 Å². The quantitative estimate of drug-likeness (QED) is 0.795. The highest BCUT2D eigenvalue weighted by atomic mass is 32.1. The van der Waals surface area contributed by atoms with Crippen LogP contribution in [0.15, 0.2) is 22.9 Å². The molecule has 0 saturated heterocycles. The number of hydrogen-bond acceptors (Lipinski definition) is 7. The number of pyridine rings is 1. The lowest BCUT2D eigenvalue weighted by Gasteiger charge is -1.91. The number of thiazole rings is 1. The third-order valence-corrected chi connectivity index (χ3v) is 3.76. The van der Waals surface area contributed by atoms with Gasteiger partial charge in [-0.3, -0.25) is 0 Å². The molecule has 8 heteroatoms. The molecule has 0 fully saturated rings. The summed E-state index contributed by atoms with van der Waals surface area (Å²) >= 11 is 1.41. The summed E-state index contributed by atoms with van der Waals surface area (Å²) in [5.41, 5.74) is 6.79. The van der Waals surface area contributed by atoms with Gasteiger partial charge in [0.05, 0.1) is 11.9 Å². The van der Waals surface area contributed by atoms with Crippen LogP contribution in [0.25, 0.3) is 22.3 Å². The van der Waals surface area contributed by atoms with Crippen molar-refractivity contribution >= 4 is 11.3 Å². The van der Waals surface area contributed by atoms with Gasteiger partial charge < -0.3 is 10.3 Å². The van der Waals surface area contributed by atoms with Gasteiger partial charge in [0.2, 0.25) is 5.82 Å². The Morgan fingerprint density at radius 2 is 2.20 bits per heavy atom. The van der Waals surface area contributed by atoms with E-state index in [9.17, 15) is 4.39 Å². The highest BCUT2D eigenvalue weighted by Crippen LogP contribution is 2.29. The van der Waals surface area contributed by atoms with Gasteiger partial charge in [-0.2, -0.15) is 4.98 Å². The molecule has 3 aromatic heterocycles. The zero-order valence-electron chi connectivity index (χ0n) is 10.5. The van der Waals surface area contributed by atoms with E-state index in [0.29, 0.717) is 24.0 Å². The Morgan fingerprint density at radius 3 is 2.85 bits per heavy atom. The van der Waals surface area contributed by atoms with E-state index in [0.717, 1.165) is 21.8 Å². The molecule has 0 unspecified atom stereocenters. The molecule has 3 rings (SSSR count). The summed E-state index contributed by atoms with van der Waals surface area (Å²) in [7, 11) is 0. The van der Waals surface area contributed by atoms with Crippen LogP contribution in [-0.2, 0) is 6.54 Å². The van der Waals surface area contributed by atoms with Crippen molar-refractivity contribution in [1.29, 1.82) is 0 Å². The van der Waals surface area contributed by atoms with Gasteiger partial charge in [0.1, 0.15) is 21.4 Å². The van der Waals surface area contributed by atoms with Crippen molar-refractivity contribution in [3.05, 3.63) is 34.8 Å². The molecule has 0 saturated carbocycles. The Morgan fingerprint density at radius 1 is 1.35 bits per heavy atom. The first-order valence-electron chi connectivity index (χ1n) is 5.79. The van der Waals surface area contributed by atoms with E-state index in [1.54, 1.807) is 0 Å². The smallest absolute Gasteiger partial charge is 0.270 e. The average Bonchev–Trinajstić information content (AvgIpc) is 3.06. The van der Waals surface area contributed by atoms with Crippen LogP contribution in [0.1, 0.15) is 10.7 Å². The molecule has 0 atom stereocenters. The predicted molar refractivity (Wildman–Crippen MR) is 71.2 cm³/mol. The van der Waals surface area contributed by atoms with Gasteiger partial charge in [0.15, 0.2) is 0 Å². The van der Waals surface area contributed by atoms with Crippen molar-refractivity contribution < 1.29 is 8.91 Å². The van der Waals surface area contributed by atoms with Gasteiger partial charge in [0, 0.05) is 6.54 Å². The minimum absolute atomic E-state index is 0.307. The molecule has 3 heterocycles. The monoisotopic (exact) mass is 291 g/mol. The number of nitrogens with zero attached hydrogens (tertiary/aromatic N) is 4. The van der Waals surface area contributed by atoms with Crippen LogP contribution in [0, 0.1) is 12.7 Å². The minimum atomic E-state index is -0.414. The molecule has 0 bridgehead atoms. The zero-order valence-corrected chi connectivity index (χ0v) is 11.3. The SMILES string of the molecule is Cc1nc(CN)sc1-c1nc(-c2ccc(F)cn2)no1. The number of aromatic nitrogens is 4. The summed E-state index contributed by atoms with van der Waals surface area (Å²) in [5.74, 6) is 0.256. The molecule has 0 spiro atoms. The van der Waals surface area contributed by atoms with Crippen LogP contribution in [0.2, 0.25) is 0 Å². The minimum Gasteiger partial charge on any atom is -0.333 e. The number of aryl methyl sites for hydroxylation is 1. The van der Waals surface area contributed by atoms with E-state index in [1.807, 2.05) is 6.92 Å². The Bertz CT molecular complexity index is 737. The summed E-state index contributed by atoms with van der Waals surface area (Å²) in [6.45, 7) is 2.22. The summed E-state index contributed by atoms with van der Waals surface area (Å²) in [6.07, 6.45) is 1.11. The van der Waals surface area contributed by atoms with Crippen LogP contribution in [0.5, 0.6) is 0 Å². The highest BCUT2D eigenvalue weighted by molar-refractivity contribution is 7.15. The van der Waals surface area contributed by atoms with Crippen LogP contribution in [-0.4, -0.2) is 20.1 Å². The lowest BCUT2D eigenvalue weighted by Crippen LogP contribution is -1.94. The Balaban J connectivity index is 1.97. The topological polar surface area (TPSA) is 90.7 Å². The van der Waals surface area contributed by atoms with Gasteiger partial charge in [-0.1, -0.05) is 5.16 Å². The molecular formula is C12H10FN5OS. The molecule has 0 aliphatic carbocycles. The fourth-order valence-corrected chi connectivity index (χ4v) is 2.53. The lowest BCUT2D eigenvalue weighted by atomic mass is 10.3. The van der Waals surface area contributed by atoms with E-state index in [2.05, 4.69) is 20.1 Å². The maximum absolute atomic E-state index is 12.8. The molecule has 102 valence electrons. The van der Waals surface area contributed by atoms with Gasteiger partial charge in [-0.25, -0.2) is 14.4 Å². The van der Waals surface area contributed by atoms with E-state index in [4.69, 9.17) is 10.3 Å². The van der Waals surface area contributed by atoms with Gasteiger partial charge in [0.25, 0.3) is 5.89 Å². The first-order valence-corrected chi connectivity index (χ1v) is 6.61.